The predicted molar refractivity (Wildman–Crippen MR) is 90.5 cm³/mol. The van der Waals surface area contributed by atoms with Crippen molar-refractivity contribution in [2.45, 2.75) is 19.4 Å². The summed E-state index contributed by atoms with van der Waals surface area (Å²) in [6.07, 6.45) is 4.20. The molecule has 130 valence electrons. The first-order valence-electron chi connectivity index (χ1n) is 8.08. The first-order chi connectivity index (χ1) is 12.1. The van der Waals surface area contributed by atoms with Crippen molar-refractivity contribution in [3.63, 3.8) is 0 Å². The minimum atomic E-state index is -1.23. The highest BCUT2D eigenvalue weighted by atomic mass is 16.6. The van der Waals surface area contributed by atoms with Gasteiger partial charge in [-0.2, -0.15) is 0 Å². The van der Waals surface area contributed by atoms with Crippen LogP contribution >= 0.6 is 0 Å². The number of ether oxygens (including phenoxy) is 2. The number of rotatable bonds is 7. The zero-order valence-electron chi connectivity index (χ0n) is 14.1. The van der Waals surface area contributed by atoms with Crippen LogP contribution in [0.2, 0.25) is 0 Å². The third-order valence-electron chi connectivity index (χ3n) is 4.51. The quantitative estimate of drug-likeness (QED) is 0.440. The van der Waals surface area contributed by atoms with Crippen molar-refractivity contribution in [1.82, 2.24) is 0 Å². The first kappa shape index (κ1) is 17.0. The number of benzene rings is 1. The molecule has 0 amide bonds. The van der Waals surface area contributed by atoms with Crippen LogP contribution in [0, 0.1) is 11.3 Å². The summed E-state index contributed by atoms with van der Waals surface area (Å²) in [6.45, 7) is 3.70. The summed E-state index contributed by atoms with van der Waals surface area (Å²) in [5, 5.41) is 0. The topological polar surface area (TPSA) is 65.7 Å². The van der Waals surface area contributed by atoms with E-state index in [1.807, 2.05) is 36.4 Å². The average molecular weight is 340 g/mol. The van der Waals surface area contributed by atoms with Crippen LogP contribution in [0.5, 0.6) is 0 Å². The maximum atomic E-state index is 12.4. The molecule has 0 aliphatic heterocycles. The highest BCUT2D eigenvalue weighted by Gasteiger charge is 2.66. The van der Waals surface area contributed by atoms with Gasteiger partial charge in [-0.05, 0) is 18.1 Å². The fourth-order valence-corrected chi connectivity index (χ4v) is 2.98. The molecule has 1 aromatic heterocycles. The van der Waals surface area contributed by atoms with Crippen LogP contribution in [0.3, 0.4) is 0 Å². The summed E-state index contributed by atoms with van der Waals surface area (Å²) < 4.78 is 15.6. The molecule has 1 aromatic carbocycles. The van der Waals surface area contributed by atoms with Gasteiger partial charge in [-0.15, -0.1) is 6.58 Å². The second-order valence-corrected chi connectivity index (χ2v) is 6.17. The van der Waals surface area contributed by atoms with E-state index in [-0.39, 0.29) is 12.5 Å². The lowest BCUT2D eigenvalue weighted by molar-refractivity contribution is -0.164. The molecule has 0 bridgehead atoms. The fraction of sp³-hybridized carbons (Fsp3) is 0.300. The van der Waals surface area contributed by atoms with E-state index in [2.05, 4.69) is 6.58 Å². The van der Waals surface area contributed by atoms with E-state index in [0.29, 0.717) is 12.8 Å². The first-order valence-corrected chi connectivity index (χ1v) is 8.08. The van der Waals surface area contributed by atoms with Gasteiger partial charge in [0.2, 0.25) is 0 Å². The van der Waals surface area contributed by atoms with Crippen LogP contribution in [0.25, 0.3) is 0 Å². The SMILES string of the molecule is C=CC1CC1(C(=O)OC)C(=O)OCc1coc(Cc2ccccc2)c1. The van der Waals surface area contributed by atoms with Crippen molar-refractivity contribution in [2.75, 3.05) is 7.11 Å². The Morgan fingerprint density at radius 1 is 1.28 bits per heavy atom. The smallest absolute Gasteiger partial charge is 0.324 e. The van der Waals surface area contributed by atoms with Gasteiger partial charge in [0, 0.05) is 17.9 Å². The van der Waals surface area contributed by atoms with Crippen LogP contribution in [0.15, 0.2) is 59.7 Å². The summed E-state index contributed by atoms with van der Waals surface area (Å²) in [7, 11) is 1.27. The molecule has 0 saturated heterocycles. The van der Waals surface area contributed by atoms with E-state index in [4.69, 9.17) is 13.9 Å². The maximum Gasteiger partial charge on any atom is 0.324 e. The van der Waals surface area contributed by atoms with Crippen LogP contribution in [-0.2, 0) is 32.1 Å². The third kappa shape index (κ3) is 3.36. The molecule has 0 N–H and O–H groups in total. The lowest BCUT2D eigenvalue weighted by Gasteiger charge is -2.12. The Morgan fingerprint density at radius 3 is 2.68 bits per heavy atom. The Balaban J connectivity index is 1.59. The van der Waals surface area contributed by atoms with E-state index >= 15 is 0 Å². The second-order valence-electron chi connectivity index (χ2n) is 6.17. The highest BCUT2D eigenvalue weighted by Crippen LogP contribution is 2.55. The summed E-state index contributed by atoms with van der Waals surface area (Å²) in [4.78, 5) is 24.3. The van der Waals surface area contributed by atoms with Crippen molar-refractivity contribution in [2.24, 2.45) is 11.3 Å². The molecule has 2 unspecified atom stereocenters. The van der Waals surface area contributed by atoms with Crippen LogP contribution in [0.1, 0.15) is 23.3 Å². The molecule has 1 heterocycles. The van der Waals surface area contributed by atoms with Crippen LogP contribution in [-0.4, -0.2) is 19.0 Å². The van der Waals surface area contributed by atoms with E-state index in [1.165, 1.54) is 7.11 Å². The van der Waals surface area contributed by atoms with Crippen molar-refractivity contribution >= 4 is 11.9 Å². The molecule has 1 aliphatic carbocycles. The Kier molecular flexibility index (Phi) is 4.74. The molecule has 3 rings (SSSR count). The maximum absolute atomic E-state index is 12.4. The van der Waals surface area contributed by atoms with E-state index in [9.17, 15) is 9.59 Å². The molecule has 0 spiro atoms. The Hall–Kier alpha value is -2.82. The largest absolute Gasteiger partial charge is 0.469 e. The Labute approximate surface area is 146 Å². The number of esters is 2. The lowest BCUT2D eigenvalue weighted by atomic mass is 10.0. The Morgan fingerprint density at radius 2 is 2.04 bits per heavy atom. The summed E-state index contributed by atoms with van der Waals surface area (Å²) >= 11 is 0. The van der Waals surface area contributed by atoms with Crippen LogP contribution in [0.4, 0.5) is 0 Å². The molecule has 0 radical (unpaired) electrons. The molecular formula is C20H20O5. The molecule has 5 nitrogen and oxygen atoms in total. The number of methoxy groups -OCH3 is 1. The zero-order valence-corrected chi connectivity index (χ0v) is 14.1. The minimum Gasteiger partial charge on any atom is -0.469 e. The van der Waals surface area contributed by atoms with Gasteiger partial charge < -0.3 is 13.9 Å². The third-order valence-corrected chi connectivity index (χ3v) is 4.51. The normalized spacial score (nSPS) is 21.4. The number of carbonyl (C=O) groups is 2. The number of hydrogen-bond donors (Lipinski definition) is 0. The van der Waals surface area contributed by atoms with E-state index in [0.717, 1.165) is 16.9 Å². The van der Waals surface area contributed by atoms with E-state index in [1.54, 1.807) is 12.3 Å². The Bertz CT molecular complexity index is 776. The number of carbonyl (C=O) groups excluding carboxylic acids is 2. The van der Waals surface area contributed by atoms with Crippen molar-refractivity contribution in [3.05, 3.63) is 72.2 Å². The number of furan rings is 1. The van der Waals surface area contributed by atoms with Gasteiger partial charge in [0.25, 0.3) is 0 Å². The molecule has 2 atom stereocenters. The zero-order chi connectivity index (χ0) is 17.9. The monoisotopic (exact) mass is 340 g/mol. The second kappa shape index (κ2) is 6.97. The molecule has 25 heavy (non-hydrogen) atoms. The van der Waals surface area contributed by atoms with Gasteiger partial charge in [0.15, 0.2) is 5.41 Å². The summed E-state index contributed by atoms with van der Waals surface area (Å²) in [5.74, 6) is -0.588. The van der Waals surface area contributed by atoms with Gasteiger partial charge in [-0.3, -0.25) is 9.59 Å². The predicted octanol–water partition coefficient (Wildman–Crippen LogP) is 3.28. The van der Waals surface area contributed by atoms with E-state index < -0.39 is 17.4 Å². The van der Waals surface area contributed by atoms with Crippen molar-refractivity contribution in [3.8, 4) is 0 Å². The van der Waals surface area contributed by atoms with Crippen LogP contribution < -0.4 is 0 Å². The van der Waals surface area contributed by atoms with Crippen molar-refractivity contribution < 1.29 is 23.5 Å². The fourth-order valence-electron chi connectivity index (χ4n) is 2.98. The molecule has 1 aliphatic rings. The van der Waals surface area contributed by atoms with Gasteiger partial charge in [0.1, 0.15) is 12.4 Å². The molecular weight excluding hydrogens is 320 g/mol. The molecule has 5 heteroatoms. The lowest BCUT2D eigenvalue weighted by Crippen LogP contribution is -2.30. The summed E-state index contributed by atoms with van der Waals surface area (Å²) in [5.41, 5.74) is 0.652. The standard InChI is InChI=1S/C20H20O5/c1-3-16-11-20(16,18(21)23-2)19(22)25-13-15-10-17(24-12-15)9-14-7-5-4-6-8-14/h3-8,10,12,16H,1,9,11,13H2,2H3. The average Bonchev–Trinajstić information content (AvgIpc) is 3.24. The minimum absolute atomic E-state index is 0.0553. The molecule has 2 aromatic rings. The van der Waals surface area contributed by atoms with Gasteiger partial charge >= 0.3 is 11.9 Å². The highest BCUT2D eigenvalue weighted by molar-refractivity contribution is 6.04. The number of allylic oxidation sites excluding steroid dienone is 1. The van der Waals surface area contributed by atoms with Gasteiger partial charge in [0.05, 0.1) is 13.4 Å². The molecule has 1 fully saturated rings. The molecule has 1 saturated carbocycles. The van der Waals surface area contributed by atoms with Crippen molar-refractivity contribution in [1.29, 1.82) is 0 Å². The summed E-state index contributed by atoms with van der Waals surface area (Å²) in [6, 6.07) is 11.8. The van der Waals surface area contributed by atoms with Gasteiger partial charge in [-0.25, -0.2) is 0 Å². The van der Waals surface area contributed by atoms with Gasteiger partial charge in [-0.1, -0.05) is 36.4 Å². The number of hydrogen-bond acceptors (Lipinski definition) is 5.